The largest absolute Gasteiger partial charge is 0.478 e. The van der Waals surface area contributed by atoms with Crippen LogP contribution in [0.3, 0.4) is 0 Å². The van der Waals surface area contributed by atoms with Gasteiger partial charge in [-0.2, -0.15) is 0 Å². The van der Waals surface area contributed by atoms with Gasteiger partial charge in [0.05, 0.1) is 17.3 Å². The molecule has 0 unspecified atom stereocenters. The molecule has 18 heavy (non-hydrogen) atoms. The maximum Gasteiger partial charge on any atom is 0.337 e. The van der Waals surface area contributed by atoms with E-state index >= 15 is 0 Å². The number of anilines is 1. The van der Waals surface area contributed by atoms with Crippen molar-refractivity contribution in [3.63, 3.8) is 0 Å². The van der Waals surface area contributed by atoms with Gasteiger partial charge in [0.1, 0.15) is 0 Å². The highest BCUT2D eigenvalue weighted by Crippen LogP contribution is 2.22. The van der Waals surface area contributed by atoms with Crippen LogP contribution in [0.25, 0.3) is 0 Å². The molecule has 1 aliphatic heterocycles. The number of nitrogens with one attached hydrogen (secondary N) is 2. The molecule has 6 heteroatoms. The number of carboxylic acids is 1. The first-order valence-electron chi connectivity index (χ1n) is 5.65. The fourth-order valence-corrected chi connectivity index (χ4v) is 2.11. The molecule has 0 aliphatic carbocycles. The Morgan fingerprint density at radius 2 is 2.22 bits per heavy atom. The maximum absolute atomic E-state index is 11.9. The lowest BCUT2D eigenvalue weighted by Gasteiger charge is -2.13. The number of halogens is 1. The zero-order valence-electron chi connectivity index (χ0n) is 9.57. The molecule has 0 spiro atoms. The summed E-state index contributed by atoms with van der Waals surface area (Å²) in [6, 6.07) is 4.04. The van der Waals surface area contributed by atoms with Gasteiger partial charge in [0.25, 0.3) is 0 Å². The topological polar surface area (TPSA) is 78.4 Å². The summed E-state index contributed by atoms with van der Waals surface area (Å²) >= 11 is 5.80. The minimum atomic E-state index is -1.10. The number of hydrogen-bond donors (Lipinski definition) is 3. The summed E-state index contributed by atoms with van der Waals surface area (Å²) in [5.74, 6) is -1.32. The van der Waals surface area contributed by atoms with E-state index in [1.54, 1.807) is 0 Å². The Kier molecular flexibility index (Phi) is 3.84. The Bertz CT molecular complexity index is 484. The van der Waals surface area contributed by atoms with Crippen LogP contribution < -0.4 is 10.6 Å². The van der Waals surface area contributed by atoms with Crippen LogP contribution >= 0.6 is 11.6 Å². The molecule has 0 bridgehead atoms. The van der Waals surface area contributed by atoms with Crippen molar-refractivity contribution in [2.75, 3.05) is 11.9 Å². The van der Waals surface area contributed by atoms with Gasteiger partial charge < -0.3 is 15.7 Å². The van der Waals surface area contributed by atoms with Crippen LogP contribution in [0.5, 0.6) is 0 Å². The molecular weight excluding hydrogens is 256 g/mol. The summed E-state index contributed by atoms with van der Waals surface area (Å²) in [4.78, 5) is 22.9. The van der Waals surface area contributed by atoms with E-state index < -0.39 is 5.97 Å². The number of hydrogen-bond acceptors (Lipinski definition) is 3. The van der Waals surface area contributed by atoms with E-state index in [2.05, 4.69) is 10.6 Å². The van der Waals surface area contributed by atoms with Gasteiger partial charge in [-0.1, -0.05) is 11.6 Å². The van der Waals surface area contributed by atoms with Crippen molar-refractivity contribution in [3.05, 3.63) is 28.8 Å². The second-order valence-electron chi connectivity index (χ2n) is 4.13. The van der Waals surface area contributed by atoms with Crippen LogP contribution in [0.2, 0.25) is 5.02 Å². The highest BCUT2D eigenvalue weighted by molar-refractivity contribution is 6.31. The van der Waals surface area contributed by atoms with Crippen molar-refractivity contribution in [2.24, 2.45) is 0 Å². The van der Waals surface area contributed by atoms with E-state index in [9.17, 15) is 9.59 Å². The third-order valence-corrected chi connectivity index (χ3v) is 3.08. The predicted octanol–water partition coefficient (Wildman–Crippen LogP) is 1.73. The van der Waals surface area contributed by atoms with Crippen molar-refractivity contribution in [2.45, 2.75) is 18.9 Å². The average molecular weight is 269 g/mol. The minimum absolute atomic E-state index is 0.0331. The van der Waals surface area contributed by atoms with Crippen molar-refractivity contribution in [1.82, 2.24) is 5.32 Å². The van der Waals surface area contributed by atoms with Crippen molar-refractivity contribution in [3.8, 4) is 0 Å². The van der Waals surface area contributed by atoms with Crippen LogP contribution in [-0.2, 0) is 4.79 Å². The van der Waals surface area contributed by atoms with Crippen LogP contribution in [0.4, 0.5) is 5.69 Å². The molecule has 3 N–H and O–H groups in total. The third kappa shape index (κ3) is 2.80. The van der Waals surface area contributed by atoms with E-state index in [0.717, 1.165) is 19.4 Å². The first-order chi connectivity index (χ1) is 8.58. The highest BCUT2D eigenvalue weighted by atomic mass is 35.5. The van der Waals surface area contributed by atoms with E-state index in [1.807, 2.05) is 0 Å². The molecule has 5 nitrogen and oxygen atoms in total. The molecular formula is C12H13ClN2O3. The van der Waals surface area contributed by atoms with Gasteiger partial charge >= 0.3 is 5.97 Å². The lowest BCUT2D eigenvalue weighted by molar-refractivity contribution is -0.117. The molecule has 1 aliphatic rings. The molecule has 1 fully saturated rings. The zero-order chi connectivity index (χ0) is 13.1. The van der Waals surface area contributed by atoms with E-state index in [0.29, 0.717) is 5.02 Å². The average Bonchev–Trinajstić information content (AvgIpc) is 2.81. The molecule has 1 aromatic carbocycles. The molecule has 2 rings (SSSR count). The molecule has 1 atom stereocenters. The zero-order valence-corrected chi connectivity index (χ0v) is 10.3. The van der Waals surface area contributed by atoms with Gasteiger partial charge in [-0.3, -0.25) is 4.79 Å². The van der Waals surface area contributed by atoms with E-state index in [1.165, 1.54) is 18.2 Å². The lowest BCUT2D eigenvalue weighted by Crippen LogP contribution is -2.35. The van der Waals surface area contributed by atoms with Gasteiger partial charge in [-0.25, -0.2) is 4.79 Å². The Labute approximate surface area is 109 Å². The summed E-state index contributed by atoms with van der Waals surface area (Å²) in [5, 5.41) is 15.1. The van der Waals surface area contributed by atoms with E-state index in [4.69, 9.17) is 16.7 Å². The smallest absolute Gasteiger partial charge is 0.337 e. The maximum atomic E-state index is 11.9. The fraction of sp³-hybridized carbons (Fsp3) is 0.333. The Morgan fingerprint density at radius 1 is 1.44 bits per heavy atom. The number of rotatable bonds is 3. The van der Waals surface area contributed by atoms with Crippen molar-refractivity contribution in [1.29, 1.82) is 0 Å². The number of carbonyl (C=O) groups excluding carboxylic acids is 1. The second-order valence-corrected chi connectivity index (χ2v) is 4.57. The van der Waals surface area contributed by atoms with Crippen LogP contribution in [0.1, 0.15) is 23.2 Å². The van der Waals surface area contributed by atoms with Gasteiger partial charge in [0.15, 0.2) is 0 Å². The predicted molar refractivity (Wildman–Crippen MR) is 68.1 cm³/mol. The molecule has 0 aromatic heterocycles. The Hall–Kier alpha value is -1.59. The fourth-order valence-electron chi connectivity index (χ4n) is 1.93. The van der Waals surface area contributed by atoms with Crippen molar-refractivity contribution < 1.29 is 14.7 Å². The highest BCUT2D eigenvalue weighted by Gasteiger charge is 2.23. The molecule has 1 aromatic rings. The number of benzene rings is 1. The van der Waals surface area contributed by atoms with Crippen LogP contribution in [0, 0.1) is 0 Å². The monoisotopic (exact) mass is 268 g/mol. The molecule has 1 heterocycles. The molecule has 96 valence electrons. The van der Waals surface area contributed by atoms with E-state index in [-0.39, 0.29) is 23.2 Å². The molecule has 1 saturated heterocycles. The first-order valence-corrected chi connectivity index (χ1v) is 6.03. The first kappa shape index (κ1) is 12.9. The van der Waals surface area contributed by atoms with Crippen LogP contribution in [-0.4, -0.2) is 29.6 Å². The Morgan fingerprint density at radius 3 is 2.83 bits per heavy atom. The Balaban J connectivity index is 2.19. The number of amides is 1. The van der Waals surface area contributed by atoms with Crippen molar-refractivity contribution >= 4 is 29.2 Å². The number of carbonyl (C=O) groups is 2. The molecule has 0 radical (unpaired) electrons. The van der Waals surface area contributed by atoms with Gasteiger partial charge in [0.2, 0.25) is 5.91 Å². The minimum Gasteiger partial charge on any atom is -0.478 e. The summed E-state index contributed by atoms with van der Waals surface area (Å²) in [7, 11) is 0. The van der Waals surface area contributed by atoms with Crippen LogP contribution in [0.15, 0.2) is 18.2 Å². The standard InChI is InChI=1S/C12H13ClN2O3/c13-7-3-4-8(12(17)18)10(6-7)15-11(16)9-2-1-5-14-9/h3-4,6,9,14H,1-2,5H2,(H,15,16)(H,17,18)/t9-/m1/s1. The quantitative estimate of drug-likeness (QED) is 0.780. The lowest BCUT2D eigenvalue weighted by atomic mass is 10.1. The van der Waals surface area contributed by atoms with Gasteiger partial charge in [-0.05, 0) is 37.6 Å². The summed E-state index contributed by atoms with van der Waals surface area (Å²) in [6.07, 6.45) is 1.70. The summed E-state index contributed by atoms with van der Waals surface area (Å²) in [6.45, 7) is 0.805. The molecule has 1 amide bonds. The summed E-state index contributed by atoms with van der Waals surface area (Å²) < 4.78 is 0. The number of aromatic carboxylic acids is 1. The van der Waals surface area contributed by atoms with Gasteiger partial charge in [0, 0.05) is 5.02 Å². The SMILES string of the molecule is O=C(O)c1ccc(Cl)cc1NC(=O)[C@H]1CCCN1. The second kappa shape index (κ2) is 5.37. The van der Waals surface area contributed by atoms with Gasteiger partial charge in [-0.15, -0.1) is 0 Å². The summed E-state index contributed by atoms with van der Waals surface area (Å²) in [5.41, 5.74) is 0.263. The number of carboxylic acid groups (broad SMARTS) is 1. The normalized spacial score (nSPS) is 18.6. The third-order valence-electron chi connectivity index (χ3n) is 2.85. The molecule has 0 saturated carbocycles.